The highest BCUT2D eigenvalue weighted by atomic mass is 16.6. The van der Waals surface area contributed by atoms with Crippen molar-refractivity contribution in [2.45, 2.75) is 65.3 Å². The van der Waals surface area contributed by atoms with Gasteiger partial charge in [0.2, 0.25) is 17.7 Å². The Morgan fingerprint density at radius 1 is 1.05 bits per heavy atom. The fourth-order valence-corrected chi connectivity index (χ4v) is 3.99. The lowest BCUT2D eigenvalue weighted by Crippen LogP contribution is -2.54. The van der Waals surface area contributed by atoms with E-state index in [0.717, 1.165) is 21.6 Å². The molecule has 2 aromatic rings. The summed E-state index contributed by atoms with van der Waals surface area (Å²) in [5.74, 6) is -2.08. The van der Waals surface area contributed by atoms with Gasteiger partial charge in [-0.1, -0.05) is 54.1 Å². The van der Waals surface area contributed by atoms with Crippen LogP contribution >= 0.6 is 0 Å². The fourth-order valence-electron chi connectivity index (χ4n) is 3.99. The van der Waals surface area contributed by atoms with Crippen molar-refractivity contribution in [2.75, 3.05) is 13.2 Å². The summed E-state index contributed by atoms with van der Waals surface area (Å²) in [5.41, 5.74) is 7.65. The molecule has 10 heteroatoms. The molecule has 0 radical (unpaired) electrons. The quantitative estimate of drug-likeness (QED) is 0.353. The number of carbonyl (C=O) groups is 4. The number of carbonyl (C=O) groups excluding carboxylic acids is 4. The number of nitrogens with one attached hydrogen (secondary N) is 2. The molecule has 0 saturated carbocycles. The van der Waals surface area contributed by atoms with E-state index in [1.54, 1.807) is 26.8 Å². The van der Waals surface area contributed by atoms with Crippen LogP contribution in [0.1, 0.15) is 55.5 Å². The van der Waals surface area contributed by atoms with Gasteiger partial charge in [0.25, 0.3) is 0 Å². The number of aliphatic hydroxyl groups is 1. The molecule has 0 aliphatic rings. The number of nitrogens with zero attached hydrogens (tertiary/aromatic N) is 1. The smallest absolute Gasteiger partial charge is 0.408 e. The van der Waals surface area contributed by atoms with Gasteiger partial charge in [-0.2, -0.15) is 0 Å². The van der Waals surface area contributed by atoms with E-state index in [0.29, 0.717) is 5.56 Å². The molecule has 2 unspecified atom stereocenters. The third-order valence-electron chi connectivity index (χ3n) is 5.61. The minimum atomic E-state index is -1.41. The molecule has 2 atom stereocenters. The molecule has 0 saturated heterocycles. The van der Waals surface area contributed by atoms with Gasteiger partial charge < -0.3 is 31.1 Å². The van der Waals surface area contributed by atoms with Crippen LogP contribution in [0.5, 0.6) is 0 Å². The Balaban J connectivity index is 2.48. The van der Waals surface area contributed by atoms with E-state index in [1.165, 1.54) is 0 Å². The lowest BCUT2D eigenvalue weighted by molar-refractivity contribution is -0.144. The standard InChI is InChI=1S/C28H38N4O6/c1-18-11-12-21(19(2)15-18)24(25(35)30-17-20-9-7-6-8-10-20)32(13-14-33)26(36)22(16-23(29)34)31-27(37)38-28(3,4)5/h6-12,15,22,24,33H,13-14,16-17H2,1-5H3,(H2,29,34)(H,30,35)(H,31,37). The summed E-state index contributed by atoms with van der Waals surface area (Å²) in [6, 6.07) is 12.2. The van der Waals surface area contributed by atoms with E-state index in [4.69, 9.17) is 10.5 Å². The van der Waals surface area contributed by atoms with E-state index in [-0.39, 0.29) is 13.1 Å². The van der Waals surface area contributed by atoms with Gasteiger partial charge in [0.15, 0.2) is 0 Å². The Morgan fingerprint density at radius 2 is 1.71 bits per heavy atom. The number of ether oxygens (including phenoxy) is 1. The maximum absolute atomic E-state index is 13.8. The zero-order valence-corrected chi connectivity index (χ0v) is 22.6. The van der Waals surface area contributed by atoms with E-state index in [9.17, 15) is 24.3 Å². The maximum atomic E-state index is 13.8. The molecule has 38 heavy (non-hydrogen) atoms. The number of alkyl carbamates (subject to hydrolysis) is 1. The number of aliphatic hydroxyl groups excluding tert-OH is 1. The zero-order valence-electron chi connectivity index (χ0n) is 22.6. The number of rotatable bonds is 11. The van der Waals surface area contributed by atoms with Gasteiger partial charge in [-0.3, -0.25) is 14.4 Å². The fraction of sp³-hybridized carbons (Fsp3) is 0.429. The van der Waals surface area contributed by atoms with Gasteiger partial charge in [0.05, 0.1) is 13.0 Å². The number of primary amides is 1. The monoisotopic (exact) mass is 526 g/mol. The minimum Gasteiger partial charge on any atom is -0.444 e. The number of amides is 4. The second kappa shape index (κ2) is 13.6. The molecule has 206 valence electrons. The lowest BCUT2D eigenvalue weighted by Gasteiger charge is -2.34. The highest BCUT2D eigenvalue weighted by Gasteiger charge is 2.37. The van der Waals surface area contributed by atoms with Crippen LogP contribution < -0.4 is 16.4 Å². The molecule has 0 aliphatic carbocycles. The number of aryl methyl sites for hydroxylation is 2. The molecule has 4 amide bonds. The molecule has 2 rings (SSSR count). The minimum absolute atomic E-state index is 0.211. The average Bonchev–Trinajstić information content (AvgIpc) is 2.82. The first kappa shape index (κ1) is 30.3. The van der Waals surface area contributed by atoms with Crippen LogP contribution in [-0.4, -0.2) is 58.6 Å². The van der Waals surface area contributed by atoms with Crippen molar-refractivity contribution in [3.8, 4) is 0 Å². The summed E-state index contributed by atoms with van der Waals surface area (Å²) >= 11 is 0. The summed E-state index contributed by atoms with van der Waals surface area (Å²) in [7, 11) is 0. The van der Waals surface area contributed by atoms with Crippen molar-refractivity contribution < 1.29 is 29.0 Å². The highest BCUT2D eigenvalue weighted by molar-refractivity contribution is 5.94. The third kappa shape index (κ3) is 9.19. The van der Waals surface area contributed by atoms with Crippen molar-refractivity contribution in [3.63, 3.8) is 0 Å². The van der Waals surface area contributed by atoms with Gasteiger partial charge in [-0.05, 0) is 51.3 Å². The molecule has 0 spiro atoms. The molecule has 2 aromatic carbocycles. The molecular weight excluding hydrogens is 488 g/mol. The summed E-state index contributed by atoms with van der Waals surface area (Å²) in [6.45, 7) is 8.21. The Labute approximate surface area is 223 Å². The molecular formula is C28H38N4O6. The van der Waals surface area contributed by atoms with Gasteiger partial charge in [-0.15, -0.1) is 0 Å². The van der Waals surface area contributed by atoms with E-state index < -0.39 is 54.5 Å². The second-order valence-corrected chi connectivity index (χ2v) is 10.1. The summed E-state index contributed by atoms with van der Waals surface area (Å²) in [4.78, 5) is 52.9. The number of hydrogen-bond acceptors (Lipinski definition) is 6. The van der Waals surface area contributed by atoms with Crippen LogP contribution in [0.3, 0.4) is 0 Å². The van der Waals surface area contributed by atoms with Crippen molar-refractivity contribution in [3.05, 3.63) is 70.8 Å². The molecule has 0 heterocycles. The van der Waals surface area contributed by atoms with Crippen LogP contribution in [0, 0.1) is 13.8 Å². The van der Waals surface area contributed by atoms with Gasteiger partial charge in [-0.25, -0.2) is 4.79 Å². The maximum Gasteiger partial charge on any atom is 0.408 e. The average molecular weight is 527 g/mol. The van der Waals surface area contributed by atoms with Crippen LogP contribution in [0.2, 0.25) is 0 Å². The Kier molecular flexibility index (Phi) is 10.8. The molecule has 0 fully saturated rings. The zero-order chi connectivity index (χ0) is 28.5. The van der Waals surface area contributed by atoms with E-state index in [2.05, 4.69) is 10.6 Å². The normalized spacial score (nSPS) is 12.7. The molecule has 0 aliphatic heterocycles. The first-order valence-electron chi connectivity index (χ1n) is 12.4. The topological polar surface area (TPSA) is 151 Å². The second-order valence-electron chi connectivity index (χ2n) is 10.1. The number of benzene rings is 2. The first-order valence-corrected chi connectivity index (χ1v) is 12.4. The number of nitrogens with two attached hydrogens (primary N) is 1. The largest absolute Gasteiger partial charge is 0.444 e. The highest BCUT2D eigenvalue weighted by Crippen LogP contribution is 2.27. The molecule has 10 nitrogen and oxygen atoms in total. The van der Waals surface area contributed by atoms with Crippen LogP contribution in [0.25, 0.3) is 0 Å². The number of hydrogen-bond donors (Lipinski definition) is 4. The summed E-state index contributed by atoms with van der Waals surface area (Å²) in [5, 5.41) is 15.1. The van der Waals surface area contributed by atoms with Crippen LogP contribution in [0.4, 0.5) is 4.79 Å². The third-order valence-corrected chi connectivity index (χ3v) is 5.61. The SMILES string of the molecule is Cc1ccc(C(C(=O)NCc2ccccc2)N(CCO)C(=O)C(CC(N)=O)NC(=O)OC(C)(C)C)c(C)c1. The van der Waals surface area contributed by atoms with Gasteiger partial charge >= 0.3 is 6.09 Å². The van der Waals surface area contributed by atoms with E-state index >= 15 is 0 Å². The van der Waals surface area contributed by atoms with Crippen LogP contribution in [0.15, 0.2) is 48.5 Å². The molecule has 5 N–H and O–H groups in total. The predicted molar refractivity (Wildman–Crippen MR) is 143 cm³/mol. The van der Waals surface area contributed by atoms with Gasteiger partial charge in [0, 0.05) is 13.1 Å². The molecule has 0 bridgehead atoms. The van der Waals surface area contributed by atoms with Crippen molar-refractivity contribution in [1.82, 2.24) is 15.5 Å². The Morgan fingerprint density at radius 3 is 2.26 bits per heavy atom. The Bertz CT molecular complexity index is 1130. The van der Waals surface area contributed by atoms with Crippen molar-refractivity contribution in [1.29, 1.82) is 0 Å². The molecule has 0 aromatic heterocycles. The summed E-state index contributed by atoms with van der Waals surface area (Å²) < 4.78 is 5.25. The van der Waals surface area contributed by atoms with Gasteiger partial charge in [0.1, 0.15) is 17.7 Å². The van der Waals surface area contributed by atoms with Crippen LogP contribution in [-0.2, 0) is 25.7 Å². The van der Waals surface area contributed by atoms with E-state index in [1.807, 2.05) is 56.3 Å². The van der Waals surface area contributed by atoms with Crippen molar-refractivity contribution >= 4 is 23.8 Å². The lowest BCUT2D eigenvalue weighted by atomic mass is 9.96. The first-order chi connectivity index (χ1) is 17.8. The predicted octanol–water partition coefficient (Wildman–Crippen LogP) is 2.25. The Hall–Kier alpha value is -3.92. The van der Waals surface area contributed by atoms with Crippen molar-refractivity contribution in [2.24, 2.45) is 5.73 Å². The summed E-state index contributed by atoms with van der Waals surface area (Å²) in [6.07, 6.45) is -1.44.